The number of rotatable bonds is 6. The van der Waals surface area contributed by atoms with E-state index in [1.807, 2.05) is 18.3 Å². The third-order valence-corrected chi connectivity index (χ3v) is 3.59. The van der Waals surface area contributed by atoms with Crippen molar-refractivity contribution in [2.45, 2.75) is 18.9 Å². The molecule has 104 valence electrons. The second-order valence-electron chi connectivity index (χ2n) is 4.80. The molecule has 1 saturated heterocycles. The normalized spacial score (nSPS) is 17.9. The van der Waals surface area contributed by atoms with Gasteiger partial charge in [0.25, 0.3) is 0 Å². The van der Waals surface area contributed by atoms with Crippen LogP contribution in [0.1, 0.15) is 24.4 Å². The van der Waals surface area contributed by atoms with Crippen molar-refractivity contribution in [2.24, 2.45) is 0 Å². The first-order chi connectivity index (χ1) is 9.35. The fraction of sp³-hybridized carbons (Fsp3) is 0.533. The average Bonchev–Trinajstić information content (AvgIpc) is 2.49. The highest BCUT2D eigenvalue weighted by atomic mass is 16.5. The Hall–Kier alpha value is -1.39. The molecule has 0 radical (unpaired) electrons. The number of hydrogen-bond donors (Lipinski definition) is 1. The monoisotopic (exact) mass is 261 g/mol. The quantitative estimate of drug-likeness (QED) is 0.795. The van der Waals surface area contributed by atoms with Crippen LogP contribution in [0.4, 0.5) is 0 Å². The number of allylic oxidation sites excluding steroid dienone is 1. The number of aromatic nitrogens is 1. The lowest BCUT2D eigenvalue weighted by Gasteiger charge is -2.35. The molecule has 0 saturated carbocycles. The topological polar surface area (TPSA) is 37.4 Å². The van der Waals surface area contributed by atoms with Crippen molar-refractivity contribution in [1.29, 1.82) is 0 Å². The highest BCUT2D eigenvalue weighted by molar-refractivity contribution is 5.21. The predicted octanol–water partition coefficient (Wildman–Crippen LogP) is 2.00. The molecule has 1 aliphatic heterocycles. The fourth-order valence-electron chi connectivity index (χ4n) is 2.54. The van der Waals surface area contributed by atoms with Gasteiger partial charge in [-0.25, -0.2) is 4.98 Å². The number of ether oxygens (including phenoxy) is 1. The van der Waals surface area contributed by atoms with E-state index in [9.17, 15) is 0 Å². The molecule has 0 aliphatic carbocycles. The number of nitrogens with one attached hydrogen (secondary N) is 1. The van der Waals surface area contributed by atoms with Crippen molar-refractivity contribution >= 4 is 0 Å². The molecular weight excluding hydrogens is 238 g/mol. The first-order valence-electron chi connectivity index (χ1n) is 6.90. The summed E-state index contributed by atoms with van der Waals surface area (Å²) in [6, 6.07) is 4.50. The smallest absolute Gasteiger partial charge is 0.212 e. The second kappa shape index (κ2) is 7.26. The summed E-state index contributed by atoms with van der Waals surface area (Å²) in [6.45, 7) is 8.14. The molecule has 0 amide bonds. The molecule has 4 nitrogen and oxygen atoms in total. The van der Waals surface area contributed by atoms with Crippen molar-refractivity contribution in [3.63, 3.8) is 0 Å². The minimum atomic E-state index is 0.429. The van der Waals surface area contributed by atoms with Crippen molar-refractivity contribution < 1.29 is 4.74 Å². The molecule has 1 atom stereocenters. The molecular formula is C15H23N3O. The number of piperazine rings is 1. The zero-order chi connectivity index (χ0) is 13.5. The Kier molecular flexibility index (Phi) is 5.36. The first-order valence-corrected chi connectivity index (χ1v) is 6.90. The minimum absolute atomic E-state index is 0.429. The van der Waals surface area contributed by atoms with E-state index in [2.05, 4.69) is 27.8 Å². The minimum Gasteiger partial charge on any atom is -0.481 e. The Morgan fingerprint density at radius 2 is 2.26 bits per heavy atom. The van der Waals surface area contributed by atoms with Crippen LogP contribution in [0, 0.1) is 0 Å². The van der Waals surface area contributed by atoms with Gasteiger partial charge in [0.1, 0.15) is 0 Å². The summed E-state index contributed by atoms with van der Waals surface area (Å²) in [4.78, 5) is 6.86. The lowest BCUT2D eigenvalue weighted by atomic mass is 10.0. The summed E-state index contributed by atoms with van der Waals surface area (Å²) >= 11 is 0. The summed E-state index contributed by atoms with van der Waals surface area (Å²) in [5.74, 6) is 0.673. The van der Waals surface area contributed by atoms with Gasteiger partial charge in [-0.05, 0) is 18.4 Å². The van der Waals surface area contributed by atoms with Gasteiger partial charge in [0.2, 0.25) is 5.88 Å². The molecule has 2 rings (SSSR count). The highest BCUT2D eigenvalue weighted by Crippen LogP contribution is 2.26. The van der Waals surface area contributed by atoms with E-state index in [0.29, 0.717) is 11.9 Å². The number of methoxy groups -OCH3 is 1. The van der Waals surface area contributed by atoms with Crippen LogP contribution in [-0.2, 0) is 0 Å². The van der Waals surface area contributed by atoms with Crippen molar-refractivity contribution in [1.82, 2.24) is 15.2 Å². The van der Waals surface area contributed by atoms with E-state index in [1.165, 1.54) is 5.56 Å². The Labute approximate surface area is 115 Å². The van der Waals surface area contributed by atoms with Crippen LogP contribution in [0.25, 0.3) is 0 Å². The van der Waals surface area contributed by atoms with E-state index >= 15 is 0 Å². The lowest BCUT2D eigenvalue weighted by Crippen LogP contribution is -2.45. The summed E-state index contributed by atoms with van der Waals surface area (Å²) in [6.07, 6.45) is 6.05. The van der Waals surface area contributed by atoms with Crippen LogP contribution in [0.2, 0.25) is 0 Å². The molecule has 1 aliphatic rings. The molecule has 1 aromatic heterocycles. The third-order valence-electron chi connectivity index (χ3n) is 3.59. The van der Waals surface area contributed by atoms with E-state index in [1.54, 1.807) is 7.11 Å². The summed E-state index contributed by atoms with van der Waals surface area (Å²) < 4.78 is 5.12. The second-order valence-corrected chi connectivity index (χ2v) is 4.80. The first kappa shape index (κ1) is 14.0. The van der Waals surface area contributed by atoms with Crippen LogP contribution in [0.5, 0.6) is 5.88 Å². The molecule has 19 heavy (non-hydrogen) atoms. The Morgan fingerprint density at radius 1 is 1.47 bits per heavy atom. The third kappa shape index (κ3) is 3.78. The number of hydrogen-bond acceptors (Lipinski definition) is 4. The van der Waals surface area contributed by atoms with E-state index in [-0.39, 0.29) is 0 Å². The van der Waals surface area contributed by atoms with Crippen LogP contribution < -0.4 is 10.1 Å². The average molecular weight is 261 g/mol. The van der Waals surface area contributed by atoms with Gasteiger partial charge in [0.15, 0.2) is 0 Å². The lowest BCUT2D eigenvalue weighted by molar-refractivity contribution is 0.166. The molecule has 0 unspecified atom stereocenters. The summed E-state index contributed by atoms with van der Waals surface area (Å²) in [5.41, 5.74) is 1.27. The van der Waals surface area contributed by atoms with Crippen molar-refractivity contribution in [3.05, 3.63) is 36.5 Å². The van der Waals surface area contributed by atoms with Crippen LogP contribution >= 0.6 is 0 Å². The Bertz CT molecular complexity index is 385. The van der Waals surface area contributed by atoms with Crippen LogP contribution in [0.3, 0.4) is 0 Å². The Balaban J connectivity index is 2.12. The van der Waals surface area contributed by atoms with Crippen molar-refractivity contribution in [2.75, 3.05) is 33.3 Å². The standard InChI is InChI=1S/C15H23N3O/c1-3-4-5-14(18-10-8-16-9-11-18)13-6-7-15(19-2)17-12-13/h3,6-7,12,14,16H,1,4-5,8-11H2,2H3/t14-/m1/s1. The maximum atomic E-state index is 5.12. The van der Waals surface area contributed by atoms with E-state index < -0.39 is 0 Å². The van der Waals surface area contributed by atoms with Crippen molar-refractivity contribution in [3.8, 4) is 5.88 Å². The summed E-state index contributed by atoms with van der Waals surface area (Å²) in [5, 5.41) is 3.40. The Morgan fingerprint density at radius 3 is 2.84 bits per heavy atom. The maximum Gasteiger partial charge on any atom is 0.212 e. The van der Waals surface area contributed by atoms with Gasteiger partial charge in [-0.1, -0.05) is 12.1 Å². The van der Waals surface area contributed by atoms with Gasteiger partial charge >= 0.3 is 0 Å². The van der Waals surface area contributed by atoms with Crippen LogP contribution in [-0.4, -0.2) is 43.2 Å². The van der Waals surface area contributed by atoms with E-state index in [0.717, 1.165) is 39.0 Å². The molecule has 0 spiro atoms. The van der Waals surface area contributed by atoms with Crippen LogP contribution in [0.15, 0.2) is 31.0 Å². The molecule has 1 aromatic rings. The largest absolute Gasteiger partial charge is 0.481 e. The molecule has 0 aromatic carbocycles. The molecule has 1 fully saturated rings. The zero-order valence-electron chi connectivity index (χ0n) is 11.6. The molecule has 2 heterocycles. The summed E-state index contributed by atoms with van der Waals surface area (Å²) in [7, 11) is 1.65. The van der Waals surface area contributed by atoms with Gasteiger partial charge < -0.3 is 10.1 Å². The molecule has 0 bridgehead atoms. The van der Waals surface area contributed by atoms with Gasteiger partial charge in [-0.15, -0.1) is 6.58 Å². The van der Waals surface area contributed by atoms with Gasteiger partial charge in [-0.3, -0.25) is 4.90 Å². The van der Waals surface area contributed by atoms with E-state index in [4.69, 9.17) is 4.74 Å². The molecule has 1 N–H and O–H groups in total. The van der Waals surface area contributed by atoms with Gasteiger partial charge in [0.05, 0.1) is 7.11 Å². The fourth-order valence-corrected chi connectivity index (χ4v) is 2.54. The number of pyridine rings is 1. The molecule has 4 heteroatoms. The van der Waals surface area contributed by atoms with Gasteiger partial charge in [0, 0.05) is 44.5 Å². The SMILES string of the molecule is C=CCC[C@H](c1ccc(OC)nc1)N1CCNCC1. The zero-order valence-corrected chi connectivity index (χ0v) is 11.6. The van der Waals surface area contributed by atoms with Gasteiger partial charge in [-0.2, -0.15) is 0 Å². The number of nitrogens with zero attached hydrogens (tertiary/aromatic N) is 2. The maximum absolute atomic E-state index is 5.12. The highest BCUT2D eigenvalue weighted by Gasteiger charge is 2.21. The predicted molar refractivity (Wildman–Crippen MR) is 77.4 cm³/mol.